The van der Waals surface area contributed by atoms with Crippen molar-refractivity contribution in [2.75, 3.05) is 11.1 Å². The van der Waals surface area contributed by atoms with Gasteiger partial charge in [-0.05, 0) is 40.5 Å². The van der Waals surface area contributed by atoms with E-state index < -0.39 is 0 Å². The highest BCUT2D eigenvalue weighted by Gasteiger charge is 2.11. The van der Waals surface area contributed by atoms with Crippen LogP contribution in [0.1, 0.15) is 11.4 Å². The summed E-state index contributed by atoms with van der Waals surface area (Å²) >= 11 is 4.76. The molecule has 1 heterocycles. The number of anilines is 1. The standard InChI is InChI=1S/C13H16BrN5OS/c1-8-3-4-10(9(14)5-8)16-12(20)7-21-13-18-17-11(6-15)19(13)2/h3-5H,6-7,15H2,1-2H3,(H,16,20). The number of hydrogen-bond acceptors (Lipinski definition) is 5. The van der Waals surface area contributed by atoms with Crippen LogP contribution in [0.4, 0.5) is 5.69 Å². The monoisotopic (exact) mass is 369 g/mol. The molecule has 0 bridgehead atoms. The molecule has 0 aliphatic rings. The highest BCUT2D eigenvalue weighted by molar-refractivity contribution is 9.10. The first kappa shape index (κ1) is 16.0. The van der Waals surface area contributed by atoms with Gasteiger partial charge in [-0.1, -0.05) is 17.8 Å². The van der Waals surface area contributed by atoms with Crippen LogP contribution in [0.25, 0.3) is 0 Å². The van der Waals surface area contributed by atoms with Crippen LogP contribution in [0.15, 0.2) is 27.8 Å². The number of nitrogens with two attached hydrogens (primary N) is 1. The molecule has 0 aliphatic heterocycles. The Labute approximate surface area is 135 Å². The molecule has 2 rings (SSSR count). The van der Waals surface area contributed by atoms with E-state index in [4.69, 9.17) is 5.73 Å². The Kier molecular flexibility index (Phi) is 5.38. The first-order valence-electron chi connectivity index (χ1n) is 6.28. The summed E-state index contributed by atoms with van der Waals surface area (Å²) in [5, 5.41) is 11.5. The van der Waals surface area contributed by atoms with E-state index in [-0.39, 0.29) is 11.7 Å². The Hall–Kier alpha value is -1.38. The average Bonchev–Trinajstić information content (AvgIpc) is 2.80. The minimum Gasteiger partial charge on any atom is -0.324 e. The highest BCUT2D eigenvalue weighted by Crippen LogP contribution is 2.24. The molecule has 0 saturated carbocycles. The molecule has 0 aliphatic carbocycles. The Morgan fingerprint density at radius 1 is 1.48 bits per heavy atom. The zero-order valence-corrected chi connectivity index (χ0v) is 14.2. The molecule has 3 N–H and O–H groups in total. The lowest BCUT2D eigenvalue weighted by molar-refractivity contribution is -0.113. The molecule has 1 aromatic carbocycles. The molecule has 0 unspecified atom stereocenters. The zero-order chi connectivity index (χ0) is 15.4. The van der Waals surface area contributed by atoms with Gasteiger partial charge in [-0.25, -0.2) is 0 Å². The smallest absolute Gasteiger partial charge is 0.234 e. The second kappa shape index (κ2) is 7.06. The number of nitrogens with zero attached hydrogens (tertiary/aromatic N) is 3. The van der Waals surface area contributed by atoms with Crippen molar-refractivity contribution in [2.45, 2.75) is 18.6 Å². The molecule has 0 spiro atoms. The summed E-state index contributed by atoms with van der Waals surface area (Å²) in [4.78, 5) is 12.0. The van der Waals surface area contributed by atoms with Gasteiger partial charge in [-0.2, -0.15) is 0 Å². The van der Waals surface area contributed by atoms with Crippen LogP contribution in [0, 0.1) is 6.92 Å². The molecule has 0 saturated heterocycles. The number of aromatic nitrogens is 3. The average molecular weight is 370 g/mol. The number of rotatable bonds is 5. The third kappa shape index (κ3) is 4.05. The molecule has 21 heavy (non-hydrogen) atoms. The molecule has 112 valence electrons. The minimum absolute atomic E-state index is 0.0955. The molecule has 1 aromatic heterocycles. The van der Waals surface area contributed by atoms with Crippen molar-refractivity contribution in [3.63, 3.8) is 0 Å². The predicted octanol–water partition coefficient (Wildman–Crippen LogP) is 2.08. The van der Waals surface area contributed by atoms with E-state index in [1.807, 2.05) is 32.2 Å². The lowest BCUT2D eigenvalue weighted by Crippen LogP contribution is -2.15. The van der Waals surface area contributed by atoms with Crippen LogP contribution < -0.4 is 11.1 Å². The number of thioether (sulfide) groups is 1. The van der Waals surface area contributed by atoms with Gasteiger partial charge in [0.1, 0.15) is 5.82 Å². The summed E-state index contributed by atoms with van der Waals surface area (Å²) in [6.07, 6.45) is 0. The van der Waals surface area contributed by atoms with Crippen LogP contribution in [-0.4, -0.2) is 26.4 Å². The molecule has 8 heteroatoms. The van der Waals surface area contributed by atoms with Crippen LogP contribution in [0.2, 0.25) is 0 Å². The maximum Gasteiger partial charge on any atom is 0.234 e. The third-order valence-corrected chi connectivity index (χ3v) is 4.52. The number of hydrogen-bond donors (Lipinski definition) is 2. The van der Waals surface area contributed by atoms with E-state index in [0.29, 0.717) is 17.5 Å². The highest BCUT2D eigenvalue weighted by atomic mass is 79.9. The molecule has 6 nitrogen and oxygen atoms in total. The Balaban J connectivity index is 1.94. The van der Waals surface area contributed by atoms with Crippen LogP contribution in [0.5, 0.6) is 0 Å². The van der Waals surface area contributed by atoms with E-state index in [0.717, 1.165) is 15.7 Å². The summed E-state index contributed by atoms with van der Waals surface area (Å²) in [7, 11) is 1.83. The minimum atomic E-state index is -0.0955. The fraction of sp³-hybridized carbons (Fsp3) is 0.308. The molecule has 0 radical (unpaired) electrons. The first-order chi connectivity index (χ1) is 10.0. The Morgan fingerprint density at radius 3 is 2.86 bits per heavy atom. The van der Waals surface area contributed by atoms with Crippen molar-refractivity contribution in [2.24, 2.45) is 12.8 Å². The van der Waals surface area contributed by atoms with E-state index in [9.17, 15) is 4.79 Å². The number of carbonyl (C=O) groups excluding carboxylic acids is 1. The van der Waals surface area contributed by atoms with Gasteiger partial charge in [0.2, 0.25) is 5.91 Å². The Bertz CT molecular complexity index is 658. The topological polar surface area (TPSA) is 85.8 Å². The second-order valence-electron chi connectivity index (χ2n) is 4.48. The number of amides is 1. The van der Waals surface area contributed by atoms with Gasteiger partial charge in [-0.3, -0.25) is 4.79 Å². The van der Waals surface area contributed by atoms with Crippen molar-refractivity contribution in [1.82, 2.24) is 14.8 Å². The van der Waals surface area contributed by atoms with Gasteiger partial charge < -0.3 is 15.6 Å². The van der Waals surface area contributed by atoms with Gasteiger partial charge in [0.05, 0.1) is 18.0 Å². The number of carbonyl (C=O) groups is 1. The maximum atomic E-state index is 12.0. The normalized spacial score (nSPS) is 10.7. The lowest BCUT2D eigenvalue weighted by atomic mass is 10.2. The number of halogens is 1. The predicted molar refractivity (Wildman–Crippen MR) is 87.1 cm³/mol. The molecule has 0 fully saturated rings. The van der Waals surface area contributed by atoms with Gasteiger partial charge >= 0.3 is 0 Å². The number of aryl methyl sites for hydroxylation is 1. The molecule has 0 atom stereocenters. The van der Waals surface area contributed by atoms with Gasteiger partial charge in [0, 0.05) is 11.5 Å². The van der Waals surface area contributed by atoms with E-state index >= 15 is 0 Å². The van der Waals surface area contributed by atoms with E-state index in [1.165, 1.54) is 11.8 Å². The molecular weight excluding hydrogens is 354 g/mol. The molecule has 2 aromatic rings. The van der Waals surface area contributed by atoms with Crippen molar-refractivity contribution in [1.29, 1.82) is 0 Å². The van der Waals surface area contributed by atoms with Crippen molar-refractivity contribution in [3.05, 3.63) is 34.1 Å². The second-order valence-corrected chi connectivity index (χ2v) is 6.28. The SMILES string of the molecule is Cc1ccc(NC(=O)CSc2nnc(CN)n2C)c(Br)c1. The van der Waals surface area contributed by atoms with Crippen LogP contribution in [0.3, 0.4) is 0 Å². The largest absolute Gasteiger partial charge is 0.324 e. The quantitative estimate of drug-likeness (QED) is 0.787. The van der Waals surface area contributed by atoms with Crippen LogP contribution >= 0.6 is 27.7 Å². The van der Waals surface area contributed by atoms with Crippen molar-refractivity contribution in [3.8, 4) is 0 Å². The van der Waals surface area contributed by atoms with E-state index in [2.05, 4.69) is 31.4 Å². The number of nitrogens with one attached hydrogen (secondary N) is 1. The van der Waals surface area contributed by atoms with Crippen LogP contribution in [-0.2, 0) is 18.4 Å². The lowest BCUT2D eigenvalue weighted by Gasteiger charge is -2.08. The zero-order valence-electron chi connectivity index (χ0n) is 11.8. The molecular formula is C13H16BrN5OS. The van der Waals surface area contributed by atoms with Gasteiger partial charge in [0.15, 0.2) is 5.16 Å². The van der Waals surface area contributed by atoms with Gasteiger partial charge in [-0.15, -0.1) is 10.2 Å². The summed E-state index contributed by atoms with van der Waals surface area (Å²) in [5.74, 6) is 0.859. The fourth-order valence-electron chi connectivity index (χ4n) is 1.69. The van der Waals surface area contributed by atoms with E-state index in [1.54, 1.807) is 4.57 Å². The summed E-state index contributed by atoms with van der Waals surface area (Å²) < 4.78 is 2.66. The third-order valence-electron chi connectivity index (χ3n) is 2.84. The number of benzene rings is 1. The fourth-order valence-corrected chi connectivity index (χ4v) is 3.01. The van der Waals surface area contributed by atoms with Crippen molar-refractivity contribution < 1.29 is 4.79 Å². The Morgan fingerprint density at radius 2 is 2.24 bits per heavy atom. The summed E-state index contributed by atoms with van der Waals surface area (Å²) in [5.41, 5.74) is 7.42. The summed E-state index contributed by atoms with van der Waals surface area (Å²) in [6.45, 7) is 2.32. The summed E-state index contributed by atoms with van der Waals surface area (Å²) in [6, 6.07) is 5.78. The van der Waals surface area contributed by atoms with Gasteiger partial charge in [0.25, 0.3) is 0 Å². The van der Waals surface area contributed by atoms with Crippen molar-refractivity contribution >= 4 is 39.3 Å². The molecule has 1 amide bonds. The first-order valence-corrected chi connectivity index (χ1v) is 8.06. The maximum absolute atomic E-state index is 12.0.